The molecule has 0 aromatic heterocycles. The summed E-state index contributed by atoms with van der Waals surface area (Å²) < 4.78 is 27.8. The molecule has 2 rings (SSSR count). The first-order chi connectivity index (χ1) is 9.34. The highest BCUT2D eigenvalue weighted by molar-refractivity contribution is 9.10. The standard InChI is InChI=1S/C14H21BrN2O2S/c1-10-13(16)8-11(15)9-14(10)20(18,19)17(2)12-6-4-3-5-7-12/h8-9,12H,3-7,16H2,1-2H3. The minimum absolute atomic E-state index is 0.105. The van der Waals surface area contributed by atoms with Crippen molar-refractivity contribution in [3.05, 3.63) is 22.2 Å². The van der Waals surface area contributed by atoms with E-state index in [0.29, 0.717) is 20.6 Å². The Bertz CT molecular complexity index is 595. The maximum atomic E-state index is 12.8. The molecule has 0 heterocycles. The van der Waals surface area contributed by atoms with Crippen molar-refractivity contribution in [3.8, 4) is 0 Å². The van der Waals surface area contributed by atoms with Gasteiger partial charge in [0.2, 0.25) is 10.0 Å². The van der Waals surface area contributed by atoms with Crippen molar-refractivity contribution < 1.29 is 8.42 Å². The normalized spacial score (nSPS) is 17.6. The van der Waals surface area contributed by atoms with Crippen LogP contribution in [-0.4, -0.2) is 25.8 Å². The third kappa shape index (κ3) is 3.02. The average Bonchev–Trinajstić information content (AvgIpc) is 2.42. The lowest BCUT2D eigenvalue weighted by atomic mass is 9.96. The van der Waals surface area contributed by atoms with Crippen LogP contribution in [0.2, 0.25) is 0 Å². The minimum Gasteiger partial charge on any atom is -0.398 e. The van der Waals surface area contributed by atoms with E-state index in [1.807, 2.05) is 0 Å². The number of anilines is 1. The molecule has 1 aromatic rings. The van der Waals surface area contributed by atoms with Gasteiger partial charge in [0.25, 0.3) is 0 Å². The quantitative estimate of drug-likeness (QED) is 0.841. The lowest BCUT2D eigenvalue weighted by Crippen LogP contribution is -2.38. The molecule has 0 unspecified atom stereocenters. The first kappa shape index (κ1) is 15.8. The summed E-state index contributed by atoms with van der Waals surface area (Å²) in [7, 11) is -1.81. The monoisotopic (exact) mass is 360 g/mol. The fraction of sp³-hybridized carbons (Fsp3) is 0.571. The smallest absolute Gasteiger partial charge is 0.243 e. The minimum atomic E-state index is -3.49. The number of rotatable bonds is 3. The van der Waals surface area contributed by atoms with Crippen LogP contribution in [0.3, 0.4) is 0 Å². The van der Waals surface area contributed by atoms with Crippen LogP contribution in [-0.2, 0) is 10.0 Å². The Morgan fingerprint density at radius 1 is 1.25 bits per heavy atom. The molecule has 4 nitrogen and oxygen atoms in total. The zero-order valence-corrected chi connectivity index (χ0v) is 14.3. The van der Waals surface area contributed by atoms with Crippen LogP contribution in [0.5, 0.6) is 0 Å². The van der Waals surface area contributed by atoms with Crippen molar-refractivity contribution in [2.45, 2.75) is 50.0 Å². The van der Waals surface area contributed by atoms with Crippen molar-refractivity contribution in [2.24, 2.45) is 0 Å². The molecule has 6 heteroatoms. The predicted molar refractivity (Wildman–Crippen MR) is 85.1 cm³/mol. The Labute approximate surface area is 129 Å². The van der Waals surface area contributed by atoms with E-state index in [9.17, 15) is 8.42 Å². The van der Waals surface area contributed by atoms with Crippen LogP contribution in [0.25, 0.3) is 0 Å². The summed E-state index contributed by atoms with van der Waals surface area (Å²) in [5.41, 5.74) is 7.00. The molecule has 0 atom stereocenters. The molecule has 1 fully saturated rings. The van der Waals surface area contributed by atoms with E-state index in [0.717, 1.165) is 25.7 Å². The largest absolute Gasteiger partial charge is 0.398 e. The molecule has 0 bridgehead atoms. The Morgan fingerprint density at radius 3 is 2.45 bits per heavy atom. The Morgan fingerprint density at radius 2 is 1.85 bits per heavy atom. The van der Waals surface area contributed by atoms with Crippen molar-refractivity contribution in [3.63, 3.8) is 0 Å². The summed E-state index contributed by atoms with van der Waals surface area (Å²) in [5.74, 6) is 0. The molecule has 0 spiro atoms. The van der Waals surface area contributed by atoms with Gasteiger partial charge in [0.05, 0.1) is 4.90 Å². The molecule has 1 aliphatic rings. The van der Waals surface area contributed by atoms with Gasteiger partial charge < -0.3 is 5.73 Å². The number of sulfonamides is 1. The van der Waals surface area contributed by atoms with Crippen molar-refractivity contribution in [1.82, 2.24) is 4.31 Å². The SMILES string of the molecule is Cc1c(N)cc(Br)cc1S(=O)(=O)N(C)C1CCCCC1. The number of nitrogen functional groups attached to an aromatic ring is 1. The van der Waals surface area contributed by atoms with Crippen LogP contribution >= 0.6 is 15.9 Å². The van der Waals surface area contributed by atoms with Crippen LogP contribution in [0, 0.1) is 6.92 Å². The highest BCUT2D eigenvalue weighted by Gasteiger charge is 2.30. The fourth-order valence-electron chi connectivity index (χ4n) is 2.74. The number of nitrogens with two attached hydrogens (primary N) is 1. The molecule has 0 radical (unpaired) electrons. The van der Waals surface area contributed by atoms with Gasteiger partial charge in [0.15, 0.2) is 0 Å². The predicted octanol–water partition coefficient (Wildman–Crippen LogP) is 3.29. The van der Waals surface area contributed by atoms with Gasteiger partial charge in [-0.2, -0.15) is 4.31 Å². The maximum absolute atomic E-state index is 12.8. The molecule has 1 saturated carbocycles. The zero-order valence-electron chi connectivity index (χ0n) is 11.9. The summed E-state index contributed by atoms with van der Waals surface area (Å²) >= 11 is 3.32. The fourth-order valence-corrected chi connectivity index (χ4v) is 5.06. The molecule has 0 amide bonds. The molecule has 2 N–H and O–H groups in total. The molecule has 1 aromatic carbocycles. The summed E-state index contributed by atoms with van der Waals surface area (Å²) in [4.78, 5) is 0.303. The Kier molecular flexibility index (Phi) is 4.76. The van der Waals surface area contributed by atoms with Crippen LogP contribution in [0.4, 0.5) is 5.69 Å². The summed E-state index contributed by atoms with van der Waals surface area (Å²) in [5, 5.41) is 0. The summed E-state index contributed by atoms with van der Waals surface area (Å²) in [6, 6.07) is 3.48. The molecule has 1 aliphatic carbocycles. The van der Waals surface area contributed by atoms with Gasteiger partial charge in [-0.3, -0.25) is 0 Å². The van der Waals surface area contributed by atoms with E-state index in [1.165, 1.54) is 10.7 Å². The zero-order chi connectivity index (χ0) is 14.9. The lowest BCUT2D eigenvalue weighted by molar-refractivity contribution is 0.285. The van der Waals surface area contributed by atoms with E-state index in [4.69, 9.17) is 5.73 Å². The summed E-state index contributed by atoms with van der Waals surface area (Å²) in [6.45, 7) is 1.75. The topological polar surface area (TPSA) is 63.4 Å². The average molecular weight is 361 g/mol. The van der Waals surface area contributed by atoms with Crippen molar-refractivity contribution >= 4 is 31.6 Å². The van der Waals surface area contributed by atoms with Gasteiger partial charge in [-0.15, -0.1) is 0 Å². The van der Waals surface area contributed by atoms with E-state index in [1.54, 1.807) is 26.1 Å². The van der Waals surface area contributed by atoms with Crippen LogP contribution in [0.15, 0.2) is 21.5 Å². The van der Waals surface area contributed by atoms with E-state index >= 15 is 0 Å². The van der Waals surface area contributed by atoms with E-state index in [2.05, 4.69) is 15.9 Å². The lowest BCUT2D eigenvalue weighted by Gasteiger charge is -2.31. The number of hydrogen-bond acceptors (Lipinski definition) is 3. The van der Waals surface area contributed by atoms with Gasteiger partial charge in [-0.25, -0.2) is 8.42 Å². The maximum Gasteiger partial charge on any atom is 0.243 e. The van der Waals surface area contributed by atoms with Gasteiger partial charge >= 0.3 is 0 Å². The first-order valence-electron chi connectivity index (χ1n) is 6.87. The number of hydrogen-bond donors (Lipinski definition) is 1. The highest BCUT2D eigenvalue weighted by Crippen LogP contribution is 2.31. The molecule has 0 saturated heterocycles. The Hall–Kier alpha value is -0.590. The van der Waals surface area contributed by atoms with Gasteiger partial charge in [0.1, 0.15) is 0 Å². The molecular formula is C14H21BrN2O2S. The third-order valence-corrected chi connectivity index (χ3v) is 6.61. The second-order valence-electron chi connectivity index (χ2n) is 5.43. The number of halogens is 1. The summed E-state index contributed by atoms with van der Waals surface area (Å²) in [6.07, 6.45) is 5.29. The molecule has 112 valence electrons. The first-order valence-corrected chi connectivity index (χ1v) is 9.11. The molecule has 20 heavy (non-hydrogen) atoms. The molecular weight excluding hydrogens is 340 g/mol. The second-order valence-corrected chi connectivity index (χ2v) is 8.31. The van der Waals surface area contributed by atoms with Crippen molar-refractivity contribution in [2.75, 3.05) is 12.8 Å². The van der Waals surface area contributed by atoms with Gasteiger partial charge in [-0.1, -0.05) is 35.2 Å². The van der Waals surface area contributed by atoms with Gasteiger partial charge in [-0.05, 0) is 37.5 Å². The van der Waals surface area contributed by atoms with Crippen LogP contribution < -0.4 is 5.73 Å². The van der Waals surface area contributed by atoms with E-state index in [-0.39, 0.29) is 6.04 Å². The van der Waals surface area contributed by atoms with E-state index < -0.39 is 10.0 Å². The molecule has 0 aliphatic heterocycles. The number of nitrogens with zero attached hydrogens (tertiary/aromatic N) is 1. The number of benzene rings is 1. The van der Waals surface area contributed by atoms with Gasteiger partial charge in [0, 0.05) is 23.2 Å². The Balaban J connectivity index is 2.39. The highest BCUT2D eigenvalue weighted by atomic mass is 79.9. The second kappa shape index (κ2) is 6.03. The van der Waals surface area contributed by atoms with Crippen LogP contribution in [0.1, 0.15) is 37.7 Å². The van der Waals surface area contributed by atoms with Crippen molar-refractivity contribution in [1.29, 1.82) is 0 Å². The third-order valence-electron chi connectivity index (χ3n) is 4.11.